The molecule has 0 aromatic heterocycles. The second-order valence-corrected chi connectivity index (χ2v) is 5.35. The third-order valence-corrected chi connectivity index (χ3v) is 3.92. The molecule has 0 aliphatic carbocycles. The van der Waals surface area contributed by atoms with Crippen LogP contribution in [0.1, 0.15) is 24.8 Å². The van der Waals surface area contributed by atoms with Crippen molar-refractivity contribution in [3.63, 3.8) is 0 Å². The number of nitrogens with one attached hydrogen (secondary N) is 1. The molecule has 0 bridgehead atoms. The Bertz CT molecular complexity index is 498. The van der Waals surface area contributed by atoms with Crippen LogP contribution in [0.15, 0.2) is 18.2 Å². The Morgan fingerprint density at radius 1 is 1.30 bits per heavy atom. The van der Waals surface area contributed by atoms with E-state index in [9.17, 15) is 4.79 Å². The Balaban J connectivity index is 1.63. The predicted molar refractivity (Wildman–Crippen MR) is 75.0 cm³/mol. The van der Waals surface area contributed by atoms with Crippen LogP contribution in [0, 0.1) is 0 Å². The molecule has 108 valence electrons. The molecule has 2 heterocycles. The zero-order chi connectivity index (χ0) is 13.9. The highest BCUT2D eigenvalue weighted by Gasteiger charge is 2.21. The summed E-state index contributed by atoms with van der Waals surface area (Å²) in [6.45, 7) is 5.78. The summed E-state index contributed by atoms with van der Waals surface area (Å²) >= 11 is 0. The highest BCUT2D eigenvalue weighted by atomic mass is 16.7. The number of ether oxygens (including phenoxy) is 2. The predicted octanol–water partition coefficient (Wildman–Crippen LogP) is 1.34. The minimum Gasteiger partial charge on any atom is -0.454 e. The van der Waals surface area contributed by atoms with E-state index in [2.05, 4.69) is 12.2 Å². The summed E-state index contributed by atoms with van der Waals surface area (Å²) in [5.74, 6) is 1.99. The van der Waals surface area contributed by atoms with Crippen molar-refractivity contribution < 1.29 is 14.3 Å². The average Bonchev–Trinajstić information content (AvgIpc) is 2.95. The molecule has 1 fully saturated rings. The van der Waals surface area contributed by atoms with Crippen molar-refractivity contribution in [2.45, 2.75) is 19.3 Å². The highest BCUT2D eigenvalue weighted by Crippen LogP contribution is 2.35. The fourth-order valence-corrected chi connectivity index (χ4v) is 2.64. The van der Waals surface area contributed by atoms with Gasteiger partial charge in [-0.1, -0.05) is 13.0 Å². The highest BCUT2D eigenvalue weighted by molar-refractivity contribution is 5.77. The van der Waals surface area contributed by atoms with Crippen molar-refractivity contribution >= 4 is 5.91 Å². The molecule has 1 atom stereocenters. The summed E-state index contributed by atoms with van der Waals surface area (Å²) in [5, 5.41) is 3.26. The third-order valence-electron chi connectivity index (χ3n) is 3.92. The van der Waals surface area contributed by atoms with E-state index in [0.29, 0.717) is 6.42 Å². The number of hydrogen-bond donors (Lipinski definition) is 1. The first-order chi connectivity index (χ1) is 9.74. The summed E-state index contributed by atoms with van der Waals surface area (Å²) in [6, 6.07) is 5.92. The summed E-state index contributed by atoms with van der Waals surface area (Å²) in [7, 11) is 0. The molecule has 0 radical (unpaired) electrons. The van der Waals surface area contributed by atoms with Crippen LogP contribution in [0.3, 0.4) is 0 Å². The molecule has 0 spiro atoms. The lowest BCUT2D eigenvalue weighted by Crippen LogP contribution is -2.46. The third kappa shape index (κ3) is 2.72. The Kier molecular flexibility index (Phi) is 3.78. The van der Waals surface area contributed by atoms with Crippen LogP contribution >= 0.6 is 0 Å². The number of piperazine rings is 1. The quantitative estimate of drug-likeness (QED) is 0.905. The van der Waals surface area contributed by atoms with Gasteiger partial charge >= 0.3 is 0 Å². The molecular formula is C15H20N2O3. The number of amides is 1. The number of carbonyl (C=O) groups excluding carboxylic acids is 1. The van der Waals surface area contributed by atoms with Crippen molar-refractivity contribution in [1.29, 1.82) is 0 Å². The molecule has 1 N–H and O–H groups in total. The largest absolute Gasteiger partial charge is 0.454 e. The van der Waals surface area contributed by atoms with Gasteiger partial charge in [0.2, 0.25) is 12.7 Å². The molecule has 2 aliphatic heterocycles. The molecule has 1 aromatic carbocycles. The zero-order valence-electron chi connectivity index (χ0n) is 11.7. The molecule has 3 rings (SSSR count). The fourth-order valence-electron chi connectivity index (χ4n) is 2.64. The summed E-state index contributed by atoms with van der Waals surface area (Å²) in [5.41, 5.74) is 1.12. The van der Waals surface area contributed by atoms with Crippen molar-refractivity contribution in [3.8, 4) is 11.5 Å². The fraction of sp³-hybridized carbons (Fsp3) is 0.533. The van der Waals surface area contributed by atoms with Gasteiger partial charge in [0.15, 0.2) is 11.5 Å². The van der Waals surface area contributed by atoms with Crippen LogP contribution in [-0.4, -0.2) is 43.8 Å². The minimum atomic E-state index is 0.187. The summed E-state index contributed by atoms with van der Waals surface area (Å²) in [4.78, 5) is 14.2. The lowest BCUT2D eigenvalue weighted by molar-refractivity contribution is -0.132. The Morgan fingerprint density at radius 3 is 2.85 bits per heavy atom. The molecule has 1 saturated heterocycles. The topological polar surface area (TPSA) is 50.8 Å². The first-order valence-corrected chi connectivity index (χ1v) is 7.12. The Morgan fingerprint density at radius 2 is 2.05 bits per heavy atom. The van der Waals surface area contributed by atoms with Gasteiger partial charge in [0.25, 0.3) is 0 Å². The monoisotopic (exact) mass is 276 g/mol. The van der Waals surface area contributed by atoms with Gasteiger partial charge < -0.3 is 19.7 Å². The van der Waals surface area contributed by atoms with Crippen LogP contribution < -0.4 is 14.8 Å². The van der Waals surface area contributed by atoms with E-state index in [1.807, 2.05) is 23.1 Å². The van der Waals surface area contributed by atoms with Crippen LogP contribution in [0.25, 0.3) is 0 Å². The van der Waals surface area contributed by atoms with E-state index in [-0.39, 0.29) is 18.6 Å². The maximum absolute atomic E-state index is 12.3. The minimum absolute atomic E-state index is 0.187. The standard InChI is InChI=1S/C15H20N2O3/c1-11(8-15(18)17-6-4-16-5-7-17)12-2-3-13-14(9-12)20-10-19-13/h2-3,9,11,16H,4-8,10H2,1H3. The lowest BCUT2D eigenvalue weighted by atomic mass is 9.96. The van der Waals surface area contributed by atoms with Gasteiger partial charge in [-0.2, -0.15) is 0 Å². The van der Waals surface area contributed by atoms with E-state index >= 15 is 0 Å². The molecule has 5 nitrogen and oxygen atoms in total. The maximum atomic E-state index is 12.3. The zero-order valence-corrected chi connectivity index (χ0v) is 11.7. The smallest absolute Gasteiger partial charge is 0.231 e. The van der Waals surface area contributed by atoms with E-state index < -0.39 is 0 Å². The number of fused-ring (bicyclic) bond motifs is 1. The van der Waals surface area contributed by atoms with Crippen molar-refractivity contribution in [2.75, 3.05) is 33.0 Å². The van der Waals surface area contributed by atoms with Crippen LogP contribution in [-0.2, 0) is 4.79 Å². The molecule has 5 heteroatoms. The molecule has 2 aliphatic rings. The van der Waals surface area contributed by atoms with Gasteiger partial charge in [0.1, 0.15) is 0 Å². The number of benzene rings is 1. The Hall–Kier alpha value is -1.75. The average molecular weight is 276 g/mol. The second kappa shape index (κ2) is 5.71. The molecule has 1 amide bonds. The van der Waals surface area contributed by atoms with Crippen LogP contribution in [0.5, 0.6) is 11.5 Å². The van der Waals surface area contributed by atoms with Gasteiger partial charge in [-0.25, -0.2) is 0 Å². The summed E-state index contributed by atoms with van der Waals surface area (Å²) < 4.78 is 10.7. The van der Waals surface area contributed by atoms with Crippen molar-refractivity contribution in [2.24, 2.45) is 0 Å². The Labute approximate surface area is 118 Å². The number of hydrogen-bond acceptors (Lipinski definition) is 4. The normalized spacial score (nSPS) is 18.9. The second-order valence-electron chi connectivity index (χ2n) is 5.35. The van der Waals surface area contributed by atoms with Gasteiger partial charge in [-0.15, -0.1) is 0 Å². The molecular weight excluding hydrogens is 256 g/mol. The van der Waals surface area contributed by atoms with E-state index in [1.165, 1.54) is 0 Å². The number of nitrogens with zero attached hydrogens (tertiary/aromatic N) is 1. The van der Waals surface area contributed by atoms with Gasteiger partial charge in [-0.05, 0) is 23.6 Å². The van der Waals surface area contributed by atoms with Crippen LogP contribution in [0.2, 0.25) is 0 Å². The van der Waals surface area contributed by atoms with Crippen molar-refractivity contribution in [3.05, 3.63) is 23.8 Å². The van der Waals surface area contributed by atoms with E-state index in [1.54, 1.807) is 0 Å². The molecule has 1 unspecified atom stereocenters. The summed E-state index contributed by atoms with van der Waals surface area (Å²) in [6.07, 6.45) is 0.541. The van der Waals surface area contributed by atoms with E-state index in [0.717, 1.165) is 43.2 Å². The van der Waals surface area contributed by atoms with Gasteiger partial charge in [-0.3, -0.25) is 4.79 Å². The van der Waals surface area contributed by atoms with Crippen LogP contribution in [0.4, 0.5) is 0 Å². The molecule has 20 heavy (non-hydrogen) atoms. The van der Waals surface area contributed by atoms with E-state index in [4.69, 9.17) is 9.47 Å². The first-order valence-electron chi connectivity index (χ1n) is 7.12. The lowest BCUT2D eigenvalue weighted by Gasteiger charge is -2.28. The van der Waals surface area contributed by atoms with Gasteiger partial charge in [0, 0.05) is 32.6 Å². The maximum Gasteiger partial charge on any atom is 0.231 e. The molecule has 1 aromatic rings. The van der Waals surface area contributed by atoms with Crippen molar-refractivity contribution in [1.82, 2.24) is 10.2 Å². The molecule has 0 saturated carbocycles. The number of carbonyl (C=O) groups is 1. The van der Waals surface area contributed by atoms with Gasteiger partial charge in [0.05, 0.1) is 0 Å². The first kappa shape index (κ1) is 13.2. The SMILES string of the molecule is CC(CC(=O)N1CCNCC1)c1ccc2c(c1)OCO2. The number of rotatable bonds is 3.